The van der Waals surface area contributed by atoms with Crippen LogP contribution in [0.25, 0.3) is 10.9 Å². The van der Waals surface area contributed by atoms with Crippen molar-refractivity contribution in [1.29, 1.82) is 0 Å². The van der Waals surface area contributed by atoms with Crippen molar-refractivity contribution in [2.45, 2.75) is 30.8 Å². The first-order chi connectivity index (χ1) is 15.9. The predicted molar refractivity (Wildman–Crippen MR) is 121 cm³/mol. The van der Waals surface area contributed by atoms with E-state index < -0.39 is 10.0 Å². The SMILES string of the molecule is O=C(Cn1c(=O)ccc2cc(S(=O)(=O)N3CCCC3)ccc21)NCc1ccc2c(c1)OCO2. The van der Waals surface area contributed by atoms with Crippen LogP contribution in [0.1, 0.15) is 18.4 Å². The lowest BCUT2D eigenvalue weighted by molar-refractivity contribution is -0.121. The molecule has 0 saturated carbocycles. The Morgan fingerprint density at radius 2 is 1.76 bits per heavy atom. The molecule has 172 valence electrons. The van der Waals surface area contributed by atoms with Gasteiger partial charge in [0.25, 0.3) is 5.56 Å². The molecule has 1 saturated heterocycles. The van der Waals surface area contributed by atoms with Crippen molar-refractivity contribution in [3.8, 4) is 11.5 Å². The summed E-state index contributed by atoms with van der Waals surface area (Å²) in [5, 5.41) is 3.39. The molecule has 1 N–H and O–H groups in total. The number of sulfonamides is 1. The Bertz CT molecular complexity index is 1390. The Labute approximate surface area is 190 Å². The zero-order valence-corrected chi connectivity index (χ0v) is 18.6. The summed E-state index contributed by atoms with van der Waals surface area (Å²) < 4.78 is 39.2. The van der Waals surface area contributed by atoms with E-state index in [0.717, 1.165) is 18.4 Å². The molecule has 9 nitrogen and oxygen atoms in total. The van der Waals surface area contributed by atoms with E-state index in [9.17, 15) is 18.0 Å². The molecule has 1 amide bonds. The van der Waals surface area contributed by atoms with Gasteiger partial charge < -0.3 is 14.8 Å². The predicted octanol–water partition coefficient (Wildman–Crippen LogP) is 1.83. The third kappa shape index (κ3) is 4.19. The Balaban J connectivity index is 1.34. The van der Waals surface area contributed by atoms with Gasteiger partial charge in [-0.1, -0.05) is 6.07 Å². The van der Waals surface area contributed by atoms with Gasteiger partial charge in [0.2, 0.25) is 22.7 Å². The zero-order chi connectivity index (χ0) is 23.0. The number of carbonyl (C=O) groups is 1. The zero-order valence-electron chi connectivity index (χ0n) is 17.8. The van der Waals surface area contributed by atoms with E-state index in [1.54, 1.807) is 30.3 Å². The number of amides is 1. The molecule has 1 fully saturated rings. The molecule has 5 rings (SSSR count). The molecule has 3 heterocycles. The number of rotatable bonds is 6. The fourth-order valence-electron chi connectivity index (χ4n) is 4.13. The van der Waals surface area contributed by atoms with Crippen LogP contribution in [-0.4, -0.2) is 43.1 Å². The Morgan fingerprint density at radius 3 is 2.58 bits per heavy atom. The number of hydrogen-bond acceptors (Lipinski definition) is 6. The van der Waals surface area contributed by atoms with E-state index in [1.165, 1.54) is 21.0 Å². The van der Waals surface area contributed by atoms with Crippen LogP contribution in [0.4, 0.5) is 0 Å². The van der Waals surface area contributed by atoms with Crippen LogP contribution in [-0.2, 0) is 27.9 Å². The molecule has 3 aromatic rings. The van der Waals surface area contributed by atoms with Crippen molar-refractivity contribution in [2.75, 3.05) is 19.9 Å². The van der Waals surface area contributed by atoms with Gasteiger partial charge in [-0.2, -0.15) is 4.31 Å². The highest BCUT2D eigenvalue weighted by atomic mass is 32.2. The first-order valence-corrected chi connectivity index (χ1v) is 12.1. The number of aromatic nitrogens is 1. The first-order valence-electron chi connectivity index (χ1n) is 10.7. The molecule has 0 atom stereocenters. The highest BCUT2D eigenvalue weighted by Gasteiger charge is 2.27. The molecule has 0 bridgehead atoms. The van der Waals surface area contributed by atoms with Crippen LogP contribution in [0.2, 0.25) is 0 Å². The van der Waals surface area contributed by atoms with Gasteiger partial charge in [0.15, 0.2) is 11.5 Å². The summed E-state index contributed by atoms with van der Waals surface area (Å²) in [4.78, 5) is 25.3. The number of nitrogens with zero attached hydrogens (tertiary/aromatic N) is 2. The lowest BCUT2D eigenvalue weighted by atomic mass is 10.2. The lowest BCUT2D eigenvalue weighted by Gasteiger charge is -2.16. The number of ether oxygens (including phenoxy) is 2. The Kier molecular flexibility index (Phi) is 5.55. The summed E-state index contributed by atoms with van der Waals surface area (Å²) in [6.45, 7) is 1.30. The quantitative estimate of drug-likeness (QED) is 0.590. The van der Waals surface area contributed by atoms with Gasteiger partial charge in [-0.15, -0.1) is 0 Å². The van der Waals surface area contributed by atoms with Crippen LogP contribution in [0.15, 0.2) is 58.2 Å². The summed E-state index contributed by atoms with van der Waals surface area (Å²) in [5.74, 6) is 0.959. The maximum atomic E-state index is 12.9. The van der Waals surface area contributed by atoms with E-state index >= 15 is 0 Å². The smallest absolute Gasteiger partial charge is 0.251 e. The van der Waals surface area contributed by atoms with Crippen LogP contribution in [0.5, 0.6) is 11.5 Å². The topological polar surface area (TPSA) is 107 Å². The number of nitrogens with one attached hydrogen (secondary N) is 1. The second kappa shape index (κ2) is 8.53. The van der Waals surface area contributed by atoms with E-state index in [4.69, 9.17) is 9.47 Å². The highest BCUT2D eigenvalue weighted by molar-refractivity contribution is 7.89. The molecular weight excluding hydrogens is 446 g/mol. The third-order valence-electron chi connectivity index (χ3n) is 5.89. The molecule has 33 heavy (non-hydrogen) atoms. The molecule has 10 heteroatoms. The summed E-state index contributed by atoms with van der Waals surface area (Å²) >= 11 is 0. The maximum Gasteiger partial charge on any atom is 0.251 e. The van der Waals surface area contributed by atoms with Gasteiger partial charge in [-0.25, -0.2) is 8.42 Å². The summed E-state index contributed by atoms with van der Waals surface area (Å²) in [6.07, 6.45) is 1.71. The summed E-state index contributed by atoms with van der Waals surface area (Å²) in [5.41, 5.74) is 1.01. The van der Waals surface area contributed by atoms with E-state index in [1.807, 2.05) is 6.07 Å². The minimum Gasteiger partial charge on any atom is -0.454 e. The molecule has 2 aromatic carbocycles. The van der Waals surface area contributed by atoms with Crippen molar-refractivity contribution in [3.05, 3.63) is 64.4 Å². The van der Waals surface area contributed by atoms with E-state index in [-0.39, 0.29) is 36.2 Å². The molecule has 0 aliphatic carbocycles. The first kappa shape index (κ1) is 21.5. The van der Waals surface area contributed by atoms with Gasteiger partial charge in [-0.3, -0.25) is 14.2 Å². The fourth-order valence-corrected chi connectivity index (χ4v) is 5.69. The van der Waals surface area contributed by atoms with Gasteiger partial charge in [-0.05, 0) is 60.2 Å². The normalized spacial score (nSPS) is 15.8. The van der Waals surface area contributed by atoms with Crippen LogP contribution < -0.4 is 20.3 Å². The Hall–Kier alpha value is -3.37. The molecular formula is C23H23N3O6S. The van der Waals surface area contributed by atoms with E-state index in [2.05, 4.69) is 5.32 Å². The average molecular weight is 470 g/mol. The minimum atomic E-state index is -3.57. The number of hydrogen-bond donors (Lipinski definition) is 1. The van der Waals surface area contributed by atoms with Crippen molar-refractivity contribution in [3.63, 3.8) is 0 Å². The number of carbonyl (C=O) groups excluding carboxylic acids is 1. The second-order valence-electron chi connectivity index (χ2n) is 8.05. The number of pyridine rings is 1. The Morgan fingerprint density at radius 1 is 0.970 bits per heavy atom. The monoisotopic (exact) mass is 469 g/mol. The second-order valence-corrected chi connectivity index (χ2v) is 9.99. The fraction of sp³-hybridized carbons (Fsp3) is 0.304. The minimum absolute atomic E-state index is 0.177. The number of benzene rings is 2. The summed E-state index contributed by atoms with van der Waals surface area (Å²) in [6, 6.07) is 13.0. The largest absolute Gasteiger partial charge is 0.454 e. The molecule has 0 unspecified atom stereocenters. The highest BCUT2D eigenvalue weighted by Crippen LogP contribution is 2.32. The van der Waals surface area contributed by atoms with Crippen molar-refractivity contribution < 1.29 is 22.7 Å². The molecule has 1 aromatic heterocycles. The standard InChI is InChI=1S/C23H23N3O6S/c27-22(24-13-16-3-7-20-21(11-16)32-15-31-20)14-26-19-6-5-18(12-17(19)4-8-23(26)28)33(29,30)25-9-1-2-10-25/h3-8,11-12H,1-2,9-10,13-15H2,(H,24,27). The molecule has 2 aliphatic heterocycles. The van der Waals surface area contributed by atoms with Crippen molar-refractivity contribution in [1.82, 2.24) is 14.2 Å². The van der Waals surface area contributed by atoms with Gasteiger partial charge >= 0.3 is 0 Å². The lowest BCUT2D eigenvalue weighted by Crippen LogP contribution is -2.32. The van der Waals surface area contributed by atoms with Gasteiger partial charge in [0, 0.05) is 25.7 Å². The van der Waals surface area contributed by atoms with Crippen molar-refractivity contribution >= 4 is 26.8 Å². The molecule has 0 radical (unpaired) electrons. The van der Waals surface area contributed by atoms with E-state index in [0.29, 0.717) is 35.5 Å². The van der Waals surface area contributed by atoms with Gasteiger partial charge in [0.1, 0.15) is 6.54 Å². The maximum absolute atomic E-state index is 12.9. The third-order valence-corrected chi connectivity index (χ3v) is 7.79. The van der Waals surface area contributed by atoms with Crippen molar-refractivity contribution in [2.24, 2.45) is 0 Å². The average Bonchev–Trinajstić information content (AvgIpc) is 3.51. The van der Waals surface area contributed by atoms with Crippen LogP contribution in [0, 0.1) is 0 Å². The molecule has 0 spiro atoms. The van der Waals surface area contributed by atoms with Crippen LogP contribution in [0.3, 0.4) is 0 Å². The van der Waals surface area contributed by atoms with Crippen LogP contribution >= 0.6 is 0 Å². The molecule has 2 aliphatic rings. The summed E-state index contributed by atoms with van der Waals surface area (Å²) in [7, 11) is -3.57. The number of fused-ring (bicyclic) bond motifs is 2. The van der Waals surface area contributed by atoms with Gasteiger partial charge in [0.05, 0.1) is 10.4 Å².